The van der Waals surface area contributed by atoms with Gasteiger partial charge in [0, 0.05) is 23.4 Å². The number of thioether (sulfide) groups is 1. The van der Waals surface area contributed by atoms with Crippen LogP contribution in [0.2, 0.25) is 0 Å². The van der Waals surface area contributed by atoms with Crippen LogP contribution in [0, 0.1) is 16.7 Å². The zero-order chi connectivity index (χ0) is 30.9. The minimum Gasteiger partial charge on any atom is -0.497 e. The molecule has 1 atom stereocenters. The summed E-state index contributed by atoms with van der Waals surface area (Å²) < 4.78 is 5.89. The van der Waals surface area contributed by atoms with Gasteiger partial charge in [-0.05, 0) is 47.7 Å². The Morgan fingerprint density at radius 1 is 1.23 bits per heavy atom. The maximum Gasteiger partial charge on any atom is 0.335 e. The number of aromatic carboxylic acids is 1. The van der Waals surface area contributed by atoms with Crippen molar-refractivity contribution in [2.75, 3.05) is 23.1 Å². The van der Waals surface area contributed by atoms with E-state index in [0.717, 1.165) is 17.3 Å². The number of methoxy groups -OCH3 is 1. The molecule has 5 rings (SSSR count). The highest BCUT2D eigenvalue weighted by molar-refractivity contribution is 8.01. The summed E-state index contributed by atoms with van der Waals surface area (Å²) in [6, 6.07) is 15.5. The first-order valence-electron chi connectivity index (χ1n) is 13.2. The fraction of sp³-hybridized carbons (Fsp3) is 0.267. The molecule has 2 heterocycles. The summed E-state index contributed by atoms with van der Waals surface area (Å²) in [5, 5.41) is 31.1. The first-order valence-corrected chi connectivity index (χ1v) is 15.0. The number of Topliss-reactive ketones (excluding diaryl/α,β-unsaturated/α-hetero) is 1. The summed E-state index contributed by atoms with van der Waals surface area (Å²) in [6.45, 7) is 4.03. The molecule has 3 aromatic rings. The molecule has 1 aromatic heterocycles. The minimum atomic E-state index is -1.09. The molecule has 0 saturated carbocycles. The average Bonchev–Trinajstić information content (AvgIpc) is 3.43. The molecule has 2 aliphatic rings. The quantitative estimate of drug-likeness (QED) is 0.294. The maximum atomic E-state index is 13.7. The lowest BCUT2D eigenvalue weighted by molar-refractivity contribution is -0.118. The fourth-order valence-corrected chi connectivity index (χ4v) is 6.97. The number of allylic oxidation sites excluding steroid dienone is 3. The number of nitrogens with two attached hydrogens (primary N) is 1. The number of amides is 1. The van der Waals surface area contributed by atoms with Gasteiger partial charge in [-0.2, -0.15) is 5.26 Å². The van der Waals surface area contributed by atoms with Crippen LogP contribution in [-0.2, 0) is 9.59 Å². The highest BCUT2D eigenvalue weighted by Gasteiger charge is 2.45. The highest BCUT2D eigenvalue weighted by atomic mass is 32.2. The Bertz CT molecular complexity index is 1740. The van der Waals surface area contributed by atoms with Gasteiger partial charge >= 0.3 is 5.97 Å². The molecule has 2 aromatic carbocycles. The molecule has 0 fully saturated rings. The molecule has 0 bridgehead atoms. The van der Waals surface area contributed by atoms with E-state index in [4.69, 9.17) is 10.5 Å². The molecule has 11 nitrogen and oxygen atoms in total. The number of hydrogen-bond donors (Lipinski definition) is 3. The van der Waals surface area contributed by atoms with Crippen LogP contribution in [0.5, 0.6) is 5.75 Å². The van der Waals surface area contributed by atoms with E-state index in [0.29, 0.717) is 45.0 Å². The monoisotopic (exact) mass is 616 g/mol. The topological polar surface area (TPSA) is 172 Å². The Labute approximate surface area is 256 Å². The zero-order valence-electron chi connectivity index (χ0n) is 23.6. The summed E-state index contributed by atoms with van der Waals surface area (Å²) in [7, 11) is 1.56. The predicted molar refractivity (Wildman–Crippen MR) is 163 cm³/mol. The molecular formula is C30H28N6O5S2. The number of carbonyl (C=O) groups is 3. The van der Waals surface area contributed by atoms with Crippen molar-refractivity contribution in [1.82, 2.24) is 10.2 Å². The number of benzene rings is 2. The second-order valence-corrected chi connectivity index (χ2v) is 13.0. The molecule has 1 unspecified atom stereocenters. The third-order valence-electron chi connectivity index (χ3n) is 7.12. The Morgan fingerprint density at radius 3 is 2.72 bits per heavy atom. The first-order chi connectivity index (χ1) is 20.5. The van der Waals surface area contributed by atoms with Gasteiger partial charge in [0.2, 0.25) is 11.0 Å². The summed E-state index contributed by atoms with van der Waals surface area (Å²) in [4.78, 5) is 39.2. The van der Waals surface area contributed by atoms with Crippen LogP contribution in [-0.4, -0.2) is 45.8 Å². The summed E-state index contributed by atoms with van der Waals surface area (Å²) in [5.74, 6) is -1.38. The van der Waals surface area contributed by atoms with Gasteiger partial charge in [0.15, 0.2) is 10.1 Å². The lowest BCUT2D eigenvalue weighted by Crippen LogP contribution is -2.42. The fourth-order valence-electron chi connectivity index (χ4n) is 5.29. The van der Waals surface area contributed by atoms with Gasteiger partial charge in [0.25, 0.3) is 0 Å². The number of rotatable bonds is 8. The molecular weight excluding hydrogens is 589 g/mol. The van der Waals surface area contributed by atoms with E-state index in [1.54, 1.807) is 30.2 Å². The SMILES string of the molecule is COc1cccc(C2C(C#N)=C(N)N(c3nnc(SCC(=O)Nc4cccc(C(=O)O)c4)s3)C3=C2C(=O)CC(C)(C)C3)c1. The van der Waals surface area contributed by atoms with Crippen LogP contribution in [0.4, 0.5) is 10.8 Å². The van der Waals surface area contributed by atoms with Crippen molar-refractivity contribution in [3.63, 3.8) is 0 Å². The molecule has 220 valence electrons. The number of anilines is 2. The minimum absolute atomic E-state index is 0.00191. The number of hydrogen-bond acceptors (Lipinski definition) is 11. The van der Waals surface area contributed by atoms with E-state index in [1.165, 1.54) is 23.5 Å². The number of carboxylic acid groups (broad SMARTS) is 1. The lowest BCUT2D eigenvalue weighted by atomic mass is 9.68. The largest absolute Gasteiger partial charge is 0.497 e. The molecule has 1 amide bonds. The highest BCUT2D eigenvalue weighted by Crippen LogP contribution is 2.51. The summed E-state index contributed by atoms with van der Waals surface area (Å²) >= 11 is 2.34. The van der Waals surface area contributed by atoms with Crippen molar-refractivity contribution in [1.29, 1.82) is 5.26 Å². The van der Waals surface area contributed by atoms with Gasteiger partial charge in [0.1, 0.15) is 11.6 Å². The molecule has 0 saturated heterocycles. The number of ketones is 1. The number of nitrogens with zero attached hydrogens (tertiary/aromatic N) is 4. The van der Waals surface area contributed by atoms with Crippen molar-refractivity contribution in [2.45, 2.75) is 36.9 Å². The second-order valence-electron chi connectivity index (χ2n) is 10.8. The molecule has 1 aliphatic heterocycles. The predicted octanol–water partition coefficient (Wildman–Crippen LogP) is 4.92. The molecule has 4 N–H and O–H groups in total. The number of nitrogens with one attached hydrogen (secondary N) is 1. The van der Waals surface area contributed by atoms with Gasteiger partial charge in [-0.25, -0.2) is 4.79 Å². The van der Waals surface area contributed by atoms with Gasteiger partial charge in [-0.1, -0.05) is 55.1 Å². The Balaban J connectivity index is 1.44. The van der Waals surface area contributed by atoms with Crippen molar-refractivity contribution in [2.24, 2.45) is 11.1 Å². The second kappa shape index (κ2) is 11.9. The molecule has 43 heavy (non-hydrogen) atoms. The van der Waals surface area contributed by atoms with Crippen molar-refractivity contribution >= 4 is 51.6 Å². The molecule has 1 aliphatic carbocycles. The van der Waals surface area contributed by atoms with Gasteiger partial charge < -0.3 is 20.9 Å². The van der Waals surface area contributed by atoms with Crippen molar-refractivity contribution in [3.8, 4) is 11.8 Å². The third-order valence-corrected chi connectivity index (χ3v) is 9.16. The normalized spacial score (nSPS) is 17.8. The van der Waals surface area contributed by atoms with E-state index >= 15 is 0 Å². The Morgan fingerprint density at radius 2 is 2.00 bits per heavy atom. The van der Waals surface area contributed by atoms with Crippen LogP contribution in [0.15, 0.2) is 75.5 Å². The molecule has 0 spiro atoms. The van der Waals surface area contributed by atoms with E-state index in [1.807, 2.05) is 32.0 Å². The van der Waals surface area contributed by atoms with E-state index in [2.05, 4.69) is 21.6 Å². The average molecular weight is 617 g/mol. The maximum absolute atomic E-state index is 13.7. The number of ether oxygens (including phenoxy) is 1. The zero-order valence-corrected chi connectivity index (χ0v) is 25.2. The number of carboxylic acids is 1. The van der Waals surface area contributed by atoms with Crippen LogP contribution in [0.3, 0.4) is 0 Å². The van der Waals surface area contributed by atoms with Crippen LogP contribution >= 0.6 is 23.1 Å². The number of nitriles is 1. The third kappa shape index (κ3) is 6.11. The lowest BCUT2D eigenvalue weighted by Gasteiger charge is -2.42. The number of aromatic nitrogens is 2. The molecule has 13 heteroatoms. The van der Waals surface area contributed by atoms with Crippen molar-refractivity contribution in [3.05, 3.63) is 82.3 Å². The number of carbonyl (C=O) groups excluding carboxylic acids is 2. The standard InChI is InChI=1S/C30H28N6O5S2/c1-30(2)12-21-25(22(37)13-30)24(16-6-5-9-19(11-16)41-3)20(14-31)26(32)36(21)28-34-35-29(43-28)42-15-23(38)33-18-8-4-7-17(10-18)27(39)40/h4-11,24H,12-13,15,32H2,1-3H3,(H,33,38)(H,39,40). The Kier molecular flexibility index (Phi) is 8.25. The van der Waals surface area contributed by atoms with E-state index in [-0.39, 0.29) is 39.8 Å². The van der Waals surface area contributed by atoms with Crippen LogP contribution in [0.1, 0.15) is 48.5 Å². The summed E-state index contributed by atoms with van der Waals surface area (Å²) in [5.41, 5.74) is 8.91. The van der Waals surface area contributed by atoms with E-state index in [9.17, 15) is 24.8 Å². The molecule has 0 radical (unpaired) electrons. The van der Waals surface area contributed by atoms with Crippen LogP contribution in [0.25, 0.3) is 0 Å². The van der Waals surface area contributed by atoms with Crippen LogP contribution < -0.4 is 20.7 Å². The van der Waals surface area contributed by atoms with Gasteiger partial charge in [-0.15, -0.1) is 10.2 Å². The Hall–Kier alpha value is -4.67. The first kappa shape index (κ1) is 29.8. The summed E-state index contributed by atoms with van der Waals surface area (Å²) in [6.07, 6.45) is 0.842. The van der Waals surface area contributed by atoms with Gasteiger partial charge in [0.05, 0.1) is 36.0 Å². The van der Waals surface area contributed by atoms with Gasteiger partial charge in [-0.3, -0.25) is 14.5 Å². The van der Waals surface area contributed by atoms with Crippen molar-refractivity contribution < 1.29 is 24.2 Å². The van der Waals surface area contributed by atoms with E-state index < -0.39 is 11.9 Å². The smallest absolute Gasteiger partial charge is 0.335 e.